The molecule has 7 heteroatoms. The van der Waals surface area contributed by atoms with E-state index in [1.165, 1.54) is 6.07 Å². The normalized spacial score (nSPS) is 11.7. The van der Waals surface area contributed by atoms with Crippen LogP contribution in [0.15, 0.2) is 39.9 Å². The van der Waals surface area contributed by atoms with E-state index in [9.17, 15) is 14.4 Å². The van der Waals surface area contributed by atoms with Crippen molar-refractivity contribution in [2.24, 2.45) is 0 Å². The van der Waals surface area contributed by atoms with Gasteiger partial charge in [0.15, 0.2) is 0 Å². The van der Waals surface area contributed by atoms with E-state index >= 15 is 0 Å². The zero-order valence-electron chi connectivity index (χ0n) is 13.0. The topological polar surface area (TPSA) is 104 Å². The van der Waals surface area contributed by atoms with Gasteiger partial charge in [-0.15, -0.1) is 0 Å². The van der Waals surface area contributed by atoms with Crippen LogP contribution in [0.3, 0.4) is 0 Å². The molecule has 7 nitrogen and oxygen atoms in total. The summed E-state index contributed by atoms with van der Waals surface area (Å²) < 4.78 is 5.64. The Balaban J connectivity index is 1.97. The molecule has 0 spiro atoms. The molecule has 122 valence electrons. The van der Waals surface area contributed by atoms with Crippen molar-refractivity contribution >= 4 is 5.91 Å². The Morgan fingerprint density at radius 3 is 2.52 bits per heavy atom. The first kappa shape index (κ1) is 16.5. The number of rotatable bonds is 6. The zero-order chi connectivity index (χ0) is 16.8. The summed E-state index contributed by atoms with van der Waals surface area (Å²) in [5.41, 5.74) is -0.310. The number of hydrogen-bond donors (Lipinski definition) is 3. The van der Waals surface area contributed by atoms with Gasteiger partial charge >= 0.3 is 5.69 Å². The molecule has 2 aromatic rings. The van der Waals surface area contributed by atoms with E-state index < -0.39 is 11.2 Å². The molecule has 0 aliphatic carbocycles. The van der Waals surface area contributed by atoms with E-state index in [-0.39, 0.29) is 18.6 Å². The van der Waals surface area contributed by atoms with Crippen LogP contribution in [0, 0.1) is 0 Å². The summed E-state index contributed by atoms with van der Waals surface area (Å²) >= 11 is 0. The standard InChI is InChI=1S/C16H19N3O4/c1-3-10(2)23-13-6-4-11(5-7-13)15(21)17-9-12-8-14(20)19-16(22)18-12/h4-8,10H,3,9H2,1-2H3,(H,17,21)(H2,18,19,20,22). The fraction of sp³-hybridized carbons (Fsp3) is 0.312. The SMILES string of the molecule is CCC(C)Oc1ccc(C(=O)NCc2cc(=O)[nH]c(=O)[nH]2)cc1. The molecule has 3 N–H and O–H groups in total. The van der Waals surface area contributed by atoms with Gasteiger partial charge in [-0.3, -0.25) is 14.6 Å². The third-order valence-electron chi connectivity index (χ3n) is 3.28. The molecule has 2 rings (SSSR count). The molecule has 0 fully saturated rings. The Labute approximate surface area is 132 Å². The number of amides is 1. The average Bonchev–Trinajstić information content (AvgIpc) is 2.52. The van der Waals surface area contributed by atoms with Crippen molar-refractivity contribution in [1.82, 2.24) is 15.3 Å². The lowest BCUT2D eigenvalue weighted by Crippen LogP contribution is -2.28. The van der Waals surface area contributed by atoms with Crippen molar-refractivity contribution < 1.29 is 9.53 Å². The number of aromatic amines is 2. The lowest BCUT2D eigenvalue weighted by Gasteiger charge is -2.12. The van der Waals surface area contributed by atoms with Crippen molar-refractivity contribution in [2.45, 2.75) is 32.9 Å². The van der Waals surface area contributed by atoms with Gasteiger partial charge in [0.1, 0.15) is 5.75 Å². The van der Waals surface area contributed by atoms with Crippen molar-refractivity contribution in [1.29, 1.82) is 0 Å². The molecule has 23 heavy (non-hydrogen) atoms. The smallest absolute Gasteiger partial charge is 0.325 e. The predicted molar refractivity (Wildman–Crippen MR) is 85.7 cm³/mol. The van der Waals surface area contributed by atoms with Crippen molar-refractivity contribution in [3.63, 3.8) is 0 Å². The summed E-state index contributed by atoms with van der Waals surface area (Å²) in [7, 11) is 0. The van der Waals surface area contributed by atoms with Crippen molar-refractivity contribution in [3.05, 3.63) is 62.4 Å². The first-order valence-corrected chi connectivity index (χ1v) is 7.35. The van der Waals surface area contributed by atoms with Gasteiger partial charge in [0, 0.05) is 17.3 Å². The second-order valence-corrected chi connectivity index (χ2v) is 5.16. The van der Waals surface area contributed by atoms with E-state index in [1.807, 2.05) is 13.8 Å². The monoisotopic (exact) mass is 317 g/mol. The minimum Gasteiger partial charge on any atom is -0.491 e. The van der Waals surface area contributed by atoms with Gasteiger partial charge in [-0.25, -0.2) is 4.79 Å². The summed E-state index contributed by atoms with van der Waals surface area (Å²) in [5, 5.41) is 2.64. The van der Waals surface area contributed by atoms with Gasteiger partial charge in [-0.2, -0.15) is 0 Å². The molecule has 0 saturated carbocycles. The van der Waals surface area contributed by atoms with E-state index in [0.717, 1.165) is 6.42 Å². The molecule has 1 atom stereocenters. The van der Waals surface area contributed by atoms with Gasteiger partial charge in [-0.05, 0) is 37.6 Å². The highest BCUT2D eigenvalue weighted by Gasteiger charge is 2.07. The van der Waals surface area contributed by atoms with Crippen LogP contribution in [0.25, 0.3) is 0 Å². The Morgan fingerprint density at radius 2 is 1.91 bits per heavy atom. The van der Waals surface area contributed by atoms with Crippen LogP contribution < -0.4 is 21.3 Å². The lowest BCUT2D eigenvalue weighted by atomic mass is 10.2. The minimum absolute atomic E-state index is 0.0586. The number of hydrogen-bond acceptors (Lipinski definition) is 4. The number of H-pyrrole nitrogens is 2. The number of carbonyl (C=O) groups excluding carboxylic acids is 1. The highest BCUT2D eigenvalue weighted by molar-refractivity contribution is 5.94. The second-order valence-electron chi connectivity index (χ2n) is 5.16. The van der Waals surface area contributed by atoms with Crippen LogP contribution >= 0.6 is 0 Å². The number of nitrogens with one attached hydrogen (secondary N) is 3. The lowest BCUT2D eigenvalue weighted by molar-refractivity contribution is 0.0950. The summed E-state index contributed by atoms with van der Waals surface area (Å²) in [6.07, 6.45) is 1.01. The molecule has 0 radical (unpaired) electrons. The third kappa shape index (κ3) is 4.84. The van der Waals surface area contributed by atoms with Gasteiger partial charge in [0.05, 0.1) is 12.6 Å². The number of benzene rings is 1. The molecule has 0 aliphatic heterocycles. The molecule has 1 heterocycles. The number of ether oxygens (including phenoxy) is 1. The summed E-state index contributed by atoms with van der Waals surface area (Å²) in [6.45, 7) is 4.07. The maximum atomic E-state index is 12.0. The molecule has 1 unspecified atom stereocenters. The quantitative estimate of drug-likeness (QED) is 0.744. The van der Waals surface area contributed by atoms with Crippen molar-refractivity contribution in [2.75, 3.05) is 0 Å². The summed E-state index contributed by atoms with van der Waals surface area (Å²) in [5.74, 6) is 0.399. The van der Waals surface area contributed by atoms with Crippen LogP contribution in [-0.4, -0.2) is 22.0 Å². The van der Waals surface area contributed by atoms with Crippen LogP contribution in [0.1, 0.15) is 36.3 Å². The number of carbonyl (C=O) groups is 1. The summed E-state index contributed by atoms with van der Waals surface area (Å²) in [4.78, 5) is 38.9. The Hall–Kier alpha value is -2.83. The van der Waals surface area contributed by atoms with Gasteiger partial charge in [-0.1, -0.05) is 6.92 Å². The predicted octanol–water partition coefficient (Wildman–Crippen LogP) is 1.17. The van der Waals surface area contributed by atoms with Gasteiger partial charge in [0.25, 0.3) is 11.5 Å². The molecule has 0 saturated heterocycles. The van der Waals surface area contributed by atoms with E-state index in [1.54, 1.807) is 24.3 Å². The largest absolute Gasteiger partial charge is 0.491 e. The first-order valence-electron chi connectivity index (χ1n) is 7.35. The molecule has 0 bridgehead atoms. The van der Waals surface area contributed by atoms with Gasteiger partial charge in [0.2, 0.25) is 0 Å². The Morgan fingerprint density at radius 1 is 1.22 bits per heavy atom. The first-order chi connectivity index (χ1) is 11.0. The zero-order valence-corrected chi connectivity index (χ0v) is 13.0. The molecule has 0 aliphatic rings. The van der Waals surface area contributed by atoms with Crippen LogP contribution in [0.2, 0.25) is 0 Å². The third-order valence-corrected chi connectivity index (χ3v) is 3.28. The average molecular weight is 317 g/mol. The highest BCUT2D eigenvalue weighted by Crippen LogP contribution is 2.14. The Bertz CT molecular complexity index is 749. The van der Waals surface area contributed by atoms with Gasteiger partial charge < -0.3 is 15.0 Å². The molecule has 1 aromatic heterocycles. The molecule has 1 amide bonds. The van der Waals surface area contributed by atoms with E-state index in [4.69, 9.17) is 4.74 Å². The number of aromatic nitrogens is 2. The van der Waals surface area contributed by atoms with Crippen LogP contribution in [0.4, 0.5) is 0 Å². The molecule has 1 aromatic carbocycles. The fourth-order valence-electron chi connectivity index (χ4n) is 1.89. The van der Waals surface area contributed by atoms with E-state index in [0.29, 0.717) is 17.0 Å². The Kier molecular flexibility index (Phi) is 5.35. The second kappa shape index (κ2) is 7.44. The van der Waals surface area contributed by atoms with E-state index in [2.05, 4.69) is 15.3 Å². The molecular weight excluding hydrogens is 298 g/mol. The minimum atomic E-state index is -0.603. The molecular formula is C16H19N3O4. The van der Waals surface area contributed by atoms with Crippen molar-refractivity contribution in [3.8, 4) is 5.75 Å². The summed E-state index contributed by atoms with van der Waals surface area (Å²) in [6, 6.07) is 8.01. The van der Waals surface area contributed by atoms with Crippen LogP contribution in [0.5, 0.6) is 5.75 Å². The maximum absolute atomic E-state index is 12.0. The van der Waals surface area contributed by atoms with Crippen LogP contribution in [-0.2, 0) is 6.54 Å². The maximum Gasteiger partial charge on any atom is 0.325 e. The highest BCUT2D eigenvalue weighted by atomic mass is 16.5. The fourth-order valence-corrected chi connectivity index (χ4v) is 1.89.